The quantitative estimate of drug-likeness (QED) is 0.918. The SMILES string of the molecule is COCC(=O)N[C@H]1CC(C)(C)Cc2nc(N3CCCC3)ncc21. The fourth-order valence-corrected chi connectivity index (χ4v) is 3.60. The van der Waals surface area contributed by atoms with Crippen LogP contribution in [-0.2, 0) is 16.0 Å². The third-order valence-corrected chi connectivity index (χ3v) is 4.66. The van der Waals surface area contributed by atoms with Crippen molar-refractivity contribution >= 4 is 11.9 Å². The topological polar surface area (TPSA) is 67.3 Å². The Morgan fingerprint density at radius 3 is 2.87 bits per heavy atom. The van der Waals surface area contributed by atoms with Crippen molar-refractivity contribution in [3.05, 3.63) is 17.5 Å². The maximum absolute atomic E-state index is 11.9. The van der Waals surface area contributed by atoms with Gasteiger partial charge in [-0.3, -0.25) is 4.79 Å². The Balaban J connectivity index is 1.86. The molecular formula is C17H26N4O2. The minimum Gasteiger partial charge on any atom is -0.375 e. The van der Waals surface area contributed by atoms with E-state index in [2.05, 4.69) is 29.0 Å². The van der Waals surface area contributed by atoms with Crippen molar-refractivity contribution in [1.29, 1.82) is 0 Å². The predicted molar refractivity (Wildman–Crippen MR) is 88.3 cm³/mol. The number of nitrogens with one attached hydrogen (secondary N) is 1. The summed E-state index contributed by atoms with van der Waals surface area (Å²) in [5, 5.41) is 3.06. The van der Waals surface area contributed by atoms with E-state index in [1.54, 1.807) is 0 Å². The summed E-state index contributed by atoms with van der Waals surface area (Å²) >= 11 is 0. The van der Waals surface area contributed by atoms with Crippen LogP contribution in [0.3, 0.4) is 0 Å². The van der Waals surface area contributed by atoms with Gasteiger partial charge in [-0.15, -0.1) is 0 Å². The van der Waals surface area contributed by atoms with Crippen LogP contribution in [0.5, 0.6) is 0 Å². The van der Waals surface area contributed by atoms with Crippen LogP contribution in [0, 0.1) is 5.41 Å². The molecule has 0 spiro atoms. The lowest BCUT2D eigenvalue weighted by molar-refractivity contribution is -0.125. The first-order valence-corrected chi connectivity index (χ1v) is 8.37. The number of nitrogens with zero attached hydrogens (tertiary/aromatic N) is 3. The number of hydrogen-bond donors (Lipinski definition) is 1. The summed E-state index contributed by atoms with van der Waals surface area (Å²) in [5.41, 5.74) is 2.23. The molecule has 1 fully saturated rings. The summed E-state index contributed by atoms with van der Waals surface area (Å²) in [6, 6.07) is -0.0379. The molecule has 1 saturated heterocycles. The Morgan fingerprint density at radius 2 is 2.17 bits per heavy atom. The number of ether oxygens (including phenoxy) is 1. The van der Waals surface area contributed by atoms with Crippen molar-refractivity contribution in [2.75, 3.05) is 31.7 Å². The molecule has 1 aliphatic carbocycles. The van der Waals surface area contributed by atoms with Gasteiger partial charge >= 0.3 is 0 Å². The minimum absolute atomic E-state index is 0.0379. The number of carbonyl (C=O) groups excluding carboxylic acids is 1. The van der Waals surface area contributed by atoms with Gasteiger partial charge in [0.2, 0.25) is 11.9 Å². The summed E-state index contributed by atoms with van der Waals surface area (Å²) < 4.78 is 4.92. The van der Waals surface area contributed by atoms with Crippen molar-refractivity contribution in [1.82, 2.24) is 15.3 Å². The molecule has 6 heteroatoms. The van der Waals surface area contributed by atoms with E-state index in [1.165, 1.54) is 20.0 Å². The Hall–Kier alpha value is -1.69. The normalized spacial score (nSPS) is 22.7. The van der Waals surface area contributed by atoms with Gasteiger partial charge in [0.15, 0.2) is 0 Å². The van der Waals surface area contributed by atoms with Crippen LogP contribution in [0.1, 0.15) is 50.4 Å². The molecule has 6 nitrogen and oxygen atoms in total. The van der Waals surface area contributed by atoms with Gasteiger partial charge < -0.3 is 15.0 Å². The first kappa shape index (κ1) is 16.2. The fourth-order valence-electron chi connectivity index (χ4n) is 3.60. The molecular weight excluding hydrogens is 292 g/mol. The number of carbonyl (C=O) groups is 1. The van der Waals surface area contributed by atoms with E-state index in [4.69, 9.17) is 9.72 Å². The molecule has 1 aliphatic heterocycles. The largest absolute Gasteiger partial charge is 0.375 e. The molecule has 1 aromatic rings. The second-order valence-electron chi connectivity index (χ2n) is 7.36. The molecule has 2 heterocycles. The van der Waals surface area contributed by atoms with E-state index in [9.17, 15) is 4.79 Å². The van der Waals surface area contributed by atoms with Crippen LogP contribution < -0.4 is 10.2 Å². The van der Waals surface area contributed by atoms with Gasteiger partial charge in [0.25, 0.3) is 0 Å². The number of rotatable bonds is 4. The number of methoxy groups -OCH3 is 1. The zero-order valence-corrected chi connectivity index (χ0v) is 14.3. The lowest BCUT2D eigenvalue weighted by Gasteiger charge is -2.36. The highest BCUT2D eigenvalue weighted by Crippen LogP contribution is 2.40. The second-order valence-corrected chi connectivity index (χ2v) is 7.36. The highest BCUT2D eigenvalue weighted by molar-refractivity contribution is 5.77. The number of anilines is 1. The van der Waals surface area contributed by atoms with Gasteiger partial charge in [0.05, 0.1) is 11.7 Å². The Bertz CT molecular complexity index is 582. The average molecular weight is 318 g/mol. The molecule has 126 valence electrons. The highest BCUT2D eigenvalue weighted by Gasteiger charge is 2.34. The maximum atomic E-state index is 11.9. The lowest BCUT2D eigenvalue weighted by atomic mass is 9.74. The summed E-state index contributed by atoms with van der Waals surface area (Å²) in [6.45, 7) is 6.61. The third kappa shape index (κ3) is 3.63. The average Bonchev–Trinajstić information content (AvgIpc) is 2.99. The molecule has 1 atom stereocenters. The summed E-state index contributed by atoms with van der Waals surface area (Å²) in [6.07, 6.45) is 6.14. The molecule has 1 aromatic heterocycles. The van der Waals surface area contributed by atoms with E-state index in [-0.39, 0.29) is 24.0 Å². The maximum Gasteiger partial charge on any atom is 0.246 e. The monoisotopic (exact) mass is 318 g/mol. The van der Waals surface area contributed by atoms with Gasteiger partial charge in [-0.05, 0) is 31.1 Å². The molecule has 0 radical (unpaired) electrons. The summed E-state index contributed by atoms with van der Waals surface area (Å²) in [4.78, 5) is 23.6. The molecule has 0 unspecified atom stereocenters. The smallest absolute Gasteiger partial charge is 0.246 e. The Labute approximate surface area is 137 Å². The minimum atomic E-state index is -0.0928. The zero-order chi connectivity index (χ0) is 16.4. The fraction of sp³-hybridized carbons (Fsp3) is 0.706. The summed E-state index contributed by atoms with van der Waals surface area (Å²) in [5.74, 6) is 0.741. The molecule has 3 rings (SSSR count). The van der Waals surface area contributed by atoms with Crippen LogP contribution in [0.2, 0.25) is 0 Å². The molecule has 1 amide bonds. The lowest BCUT2D eigenvalue weighted by Crippen LogP contribution is -2.38. The van der Waals surface area contributed by atoms with Crippen LogP contribution in [0.15, 0.2) is 6.20 Å². The van der Waals surface area contributed by atoms with Gasteiger partial charge in [-0.2, -0.15) is 0 Å². The first-order valence-electron chi connectivity index (χ1n) is 8.37. The molecule has 1 N–H and O–H groups in total. The third-order valence-electron chi connectivity index (χ3n) is 4.66. The predicted octanol–water partition coefficient (Wildman–Crippen LogP) is 1.85. The number of hydrogen-bond acceptors (Lipinski definition) is 5. The summed E-state index contributed by atoms with van der Waals surface area (Å²) in [7, 11) is 1.53. The Kier molecular flexibility index (Phi) is 4.53. The van der Waals surface area contributed by atoms with Crippen molar-refractivity contribution < 1.29 is 9.53 Å². The zero-order valence-electron chi connectivity index (χ0n) is 14.3. The molecule has 0 aromatic carbocycles. The van der Waals surface area contributed by atoms with Gasteiger partial charge in [0.1, 0.15) is 6.61 Å². The second kappa shape index (κ2) is 6.43. The van der Waals surface area contributed by atoms with Gasteiger partial charge in [0, 0.05) is 32.0 Å². The molecule has 23 heavy (non-hydrogen) atoms. The standard InChI is InChI=1S/C17H26N4O2/c1-17(2)8-13(19-15(22)11-23-3)12-10-18-16(20-14(12)9-17)21-6-4-5-7-21/h10,13H,4-9,11H2,1-3H3,(H,19,22)/t13-/m0/s1. The van der Waals surface area contributed by atoms with Crippen molar-refractivity contribution in [3.63, 3.8) is 0 Å². The number of fused-ring (bicyclic) bond motifs is 1. The molecule has 0 bridgehead atoms. The highest BCUT2D eigenvalue weighted by atomic mass is 16.5. The van der Waals surface area contributed by atoms with Gasteiger partial charge in [-0.25, -0.2) is 9.97 Å². The number of amides is 1. The van der Waals surface area contributed by atoms with Crippen LogP contribution >= 0.6 is 0 Å². The molecule has 0 saturated carbocycles. The van der Waals surface area contributed by atoms with E-state index in [0.29, 0.717) is 0 Å². The van der Waals surface area contributed by atoms with Crippen molar-refractivity contribution in [2.45, 2.75) is 45.6 Å². The van der Waals surface area contributed by atoms with Crippen molar-refractivity contribution in [2.24, 2.45) is 5.41 Å². The van der Waals surface area contributed by atoms with Gasteiger partial charge in [-0.1, -0.05) is 13.8 Å². The Morgan fingerprint density at radius 1 is 1.43 bits per heavy atom. The van der Waals surface area contributed by atoms with E-state index >= 15 is 0 Å². The van der Waals surface area contributed by atoms with Crippen LogP contribution in [0.4, 0.5) is 5.95 Å². The van der Waals surface area contributed by atoms with Crippen LogP contribution in [-0.4, -0.2) is 42.7 Å². The number of aromatic nitrogens is 2. The van der Waals surface area contributed by atoms with Crippen LogP contribution in [0.25, 0.3) is 0 Å². The molecule has 2 aliphatic rings. The first-order chi connectivity index (χ1) is 11.0. The van der Waals surface area contributed by atoms with Crippen molar-refractivity contribution in [3.8, 4) is 0 Å². The van der Waals surface area contributed by atoms with E-state index < -0.39 is 0 Å². The van der Waals surface area contributed by atoms with E-state index in [0.717, 1.165) is 43.1 Å². The van der Waals surface area contributed by atoms with E-state index in [1.807, 2.05) is 6.20 Å².